The summed E-state index contributed by atoms with van der Waals surface area (Å²) in [5, 5.41) is 51.6. The van der Waals surface area contributed by atoms with Gasteiger partial charge in [-0.25, -0.2) is 42.0 Å². The Hall–Kier alpha value is -3.19. The van der Waals surface area contributed by atoms with E-state index in [9.17, 15) is 10.4 Å². The number of hydrogen-bond acceptors (Lipinski definition) is 17. The van der Waals surface area contributed by atoms with Crippen LogP contribution in [0.25, 0.3) is 0 Å². The number of amidine groups is 2. The van der Waals surface area contributed by atoms with Gasteiger partial charge in [-0.1, -0.05) is 0 Å². The molecule has 6 heterocycles. The Labute approximate surface area is 200 Å². The van der Waals surface area contributed by atoms with Gasteiger partial charge in [-0.2, -0.15) is 0 Å². The molecular formula is C18H29N11O6. The van der Waals surface area contributed by atoms with Crippen molar-refractivity contribution in [3.05, 3.63) is 23.8 Å². The molecule has 6 rings (SSSR count). The number of rotatable bonds is 4. The van der Waals surface area contributed by atoms with Gasteiger partial charge in [0.1, 0.15) is 24.4 Å². The average Bonchev–Trinajstić information content (AvgIpc) is 3.63. The maximum Gasteiger partial charge on any atom is 0.202 e. The number of ether oxygens (including phenoxy) is 2. The van der Waals surface area contributed by atoms with E-state index >= 15 is 0 Å². The summed E-state index contributed by atoms with van der Waals surface area (Å²) < 4.78 is 11.3. The minimum Gasteiger partial charge on any atom is -0.394 e. The molecule has 6 aliphatic rings. The number of hydrazine groups is 3. The SMILES string of the molecule is NN1CN(O)C=C2C1=NNN2[C@H]1CC[C@@H](CO)O1.OC[C@@H]1CC[C@H](N2NN=C3N=CN(O)C=C32)O1. The number of nitrogens with one attached hydrogen (secondary N) is 2. The van der Waals surface area contributed by atoms with Crippen LogP contribution in [0.5, 0.6) is 0 Å². The molecule has 0 aromatic carbocycles. The smallest absolute Gasteiger partial charge is 0.202 e. The van der Waals surface area contributed by atoms with E-state index < -0.39 is 0 Å². The van der Waals surface area contributed by atoms with E-state index in [-0.39, 0.29) is 44.5 Å². The topological polar surface area (TPSA) is 203 Å². The summed E-state index contributed by atoms with van der Waals surface area (Å²) in [6, 6.07) is 0. The fraction of sp³-hybridized carbons (Fsp3) is 0.611. The second-order valence-electron chi connectivity index (χ2n) is 8.46. The molecule has 2 saturated heterocycles. The maximum atomic E-state index is 9.53. The molecule has 8 N–H and O–H groups in total. The van der Waals surface area contributed by atoms with E-state index in [1.807, 2.05) is 0 Å². The molecule has 0 saturated carbocycles. The first kappa shape index (κ1) is 23.5. The van der Waals surface area contributed by atoms with E-state index in [0.717, 1.165) is 35.8 Å². The van der Waals surface area contributed by atoms with Crippen LogP contribution in [0.1, 0.15) is 25.7 Å². The van der Waals surface area contributed by atoms with Crippen molar-refractivity contribution >= 4 is 18.0 Å². The largest absolute Gasteiger partial charge is 0.394 e. The lowest BCUT2D eigenvalue weighted by atomic mass is 10.2. The molecule has 0 amide bonds. The third-order valence-electron chi connectivity index (χ3n) is 6.05. The van der Waals surface area contributed by atoms with Gasteiger partial charge in [-0.3, -0.25) is 15.4 Å². The third-order valence-corrected chi connectivity index (χ3v) is 6.05. The van der Waals surface area contributed by atoms with Crippen molar-refractivity contribution in [1.29, 1.82) is 0 Å². The first-order chi connectivity index (χ1) is 17.0. The Morgan fingerprint density at radius 2 is 1.54 bits per heavy atom. The van der Waals surface area contributed by atoms with Crippen molar-refractivity contribution in [1.82, 2.24) is 36.2 Å². The maximum absolute atomic E-state index is 9.53. The average molecular weight is 496 g/mol. The number of aliphatic hydroxyl groups is 2. The lowest BCUT2D eigenvalue weighted by molar-refractivity contribution is -0.0859. The predicted octanol–water partition coefficient (Wildman–Crippen LogP) is -2.51. The number of hydrazone groups is 2. The molecule has 0 aromatic heterocycles. The fourth-order valence-corrected chi connectivity index (χ4v) is 4.32. The summed E-state index contributed by atoms with van der Waals surface area (Å²) in [7, 11) is 0. The molecule has 0 radical (unpaired) electrons. The molecule has 4 atom stereocenters. The lowest BCUT2D eigenvalue weighted by Crippen LogP contribution is -2.50. The highest BCUT2D eigenvalue weighted by molar-refractivity contribution is 6.04. The number of aliphatic imine (C=N–C) groups is 1. The molecule has 0 bridgehead atoms. The molecule has 17 heteroatoms. The van der Waals surface area contributed by atoms with Gasteiger partial charge in [0.2, 0.25) is 5.84 Å². The normalized spacial score (nSPS) is 31.2. The van der Waals surface area contributed by atoms with Crippen molar-refractivity contribution in [3.8, 4) is 0 Å². The number of hydroxylamine groups is 4. The summed E-state index contributed by atoms with van der Waals surface area (Å²) in [5.41, 5.74) is 6.92. The highest BCUT2D eigenvalue weighted by atomic mass is 16.5. The third kappa shape index (κ3) is 4.69. The zero-order valence-corrected chi connectivity index (χ0v) is 18.8. The standard InChI is InChI=1S/C9H16N6O3.C9H13N5O3/c10-14-5-13(17)3-7-9(14)11-12-15(7)8-2-1-6(4-16)18-8;15-4-6-1-2-8(17-6)14-7-3-13(16)5-10-9(7)11-12-14/h3,6,8,12,16-17H,1-2,4-5,10H2;3,5-6,8,12,15-16H,1-2,4H2/t2*6-,8+/m00/s1. The van der Waals surface area contributed by atoms with Crippen LogP contribution in [-0.2, 0) is 9.47 Å². The molecule has 0 aromatic rings. The van der Waals surface area contributed by atoms with E-state index in [2.05, 4.69) is 26.3 Å². The second kappa shape index (κ2) is 9.82. The molecular weight excluding hydrogens is 466 g/mol. The molecule has 17 nitrogen and oxygen atoms in total. The van der Waals surface area contributed by atoms with Crippen LogP contribution in [0.2, 0.25) is 0 Å². The van der Waals surface area contributed by atoms with Crippen molar-refractivity contribution < 1.29 is 30.1 Å². The van der Waals surface area contributed by atoms with Crippen LogP contribution in [0.15, 0.2) is 39.0 Å². The monoisotopic (exact) mass is 495 g/mol. The number of hydrogen-bond donors (Lipinski definition) is 7. The minimum atomic E-state index is -0.227. The van der Waals surface area contributed by atoms with Crippen molar-refractivity contribution in [2.24, 2.45) is 21.0 Å². The number of fused-ring (bicyclic) bond motifs is 2. The molecule has 0 spiro atoms. The van der Waals surface area contributed by atoms with E-state index in [0.29, 0.717) is 23.1 Å². The summed E-state index contributed by atoms with van der Waals surface area (Å²) in [6.07, 6.45) is 6.73. The van der Waals surface area contributed by atoms with E-state index in [4.69, 9.17) is 25.5 Å². The zero-order chi connectivity index (χ0) is 24.5. The Kier molecular flexibility index (Phi) is 6.60. The molecule has 0 unspecified atom stereocenters. The predicted molar refractivity (Wildman–Crippen MR) is 118 cm³/mol. The minimum absolute atomic E-state index is 0.00619. The van der Waals surface area contributed by atoms with Gasteiger partial charge in [0.15, 0.2) is 18.3 Å². The Bertz CT molecular complexity index is 957. The highest BCUT2D eigenvalue weighted by Crippen LogP contribution is 2.29. The van der Waals surface area contributed by atoms with Crippen LogP contribution < -0.4 is 16.9 Å². The van der Waals surface area contributed by atoms with Crippen LogP contribution in [0.3, 0.4) is 0 Å². The molecule has 0 aliphatic carbocycles. The van der Waals surface area contributed by atoms with Gasteiger partial charge >= 0.3 is 0 Å². The van der Waals surface area contributed by atoms with Gasteiger partial charge in [-0.15, -0.1) is 10.2 Å². The number of nitrogens with two attached hydrogens (primary N) is 1. The fourth-order valence-electron chi connectivity index (χ4n) is 4.32. The van der Waals surface area contributed by atoms with Crippen LogP contribution in [0, 0.1) is 0 Å². The van der Waals surface area contributed by atoms with Crippen molar-refractivity contribution in [3.63, 3.8) is 0 Å². The first-order valence-electron chi connectivity index (χ1n) is 11.2. The van der Waals surface area contributed by atoms with Gasteiger partial charge in [0, 0.05) is 0 Å². The summed E-state index contributed by atoms with van der Waals surface area (Å²) >= 11 is 0. The van der Waals surface area contributed by atoms with E-state index in [1.54, 1.807) is 10.0 Å². The van der Waals surface area contributed by atoms with Gasteiger partial charge in [-0.05, 0) is 25.7 Å². The molecule has 35 heavy (non-hydrogen) atoms. The number of nitrogens with zero attached hydrogens (tertiary/aromatic N) is 8. The molecule has 192 valence electrons. The van der Waals surface area contributed by atoms with E-state index in [1.165, 1.54) is 23.7 Å². The number of aliphatic hydroxyl groups excluding tert-OH is 2. The zero-order valence-electron chi connectivity index (χ0n) is 18.8. The lowest BCUT2D eigenvalue weighted by Gasteiger charge is -2.32. The molecule has 2 fully saturated rings. The summed E-state index contributed by atoms with van der Waals surface area (Å²) in [6.45, 7) is 0.177. The highest BCUT2D eigenvalue weighted by Gasteiger charge is 2.39. The van der Waals surface area contributed by atoms with Gasteiger partial charge in [0.05, 0.1) is 37.8 Å². The summed E-state index contributed by atoms with van der Waals surface area (Å²) in [4.78, 5) is 3.96. The first-order valence-corrected chi connectivity index (χ1v) is 11.2. The van der Waals surface area contributed by atoms with Gasteiger partial charge in [0.25, 0.3) is 0 Å². The molecule has 6 aliphatic heterocycles. The summed E-state index contributed by atoms with van der Waals surface area (Å²) in [5.74, 6) is 6.80. The Morgan fingerprint density at radius 1 is 0.914 bits per heavy atom. The second-order valence-corrected chi connectivity index (χ2v) is 8.46. The van der Waals surface area contributed by atoms with Gasteiger partial charge < -0.3 is 19.7 Å². The van der Waals surface area contributed by atoms with Crippen LogP contribution in [-0.4, -0.2) is 108 Å². The van der Waals surface area contributed by atoms with Crippen LogP contribution in [0.4, 0.5) is 0 Å². The van der Waals surface area contributed by atoms with Crippen LogP contribution >= 0.6 is 0 Å². The Morgan fingerprint density at radius 3 is 2.17 bits per heavy atom. The van der Waals surface area contributed by atoms with Crippen molar-refractivity contribution in [2.45, 2.75) is 50.3 Å². The quantitative estimate of drug-likeness (QED) is 0.201. The Balaban J connectivity index is 0.000000145. The van der Waals surface area contributed by atoms with Crippen molar-refractivity contribution in [2.75, 3.05) is 19.9 Å².